The summed E-state index contributed by atoms with van der Waals surface area (Å²) in [7, 11) is -2.72. The maximum absolute atomic E-state index is 13.9. The standard InChI is InChI=1S/C24H42NO2P/c1-6-7-8-9-10-14-17-28(27,23-15-12-11-13-16-23)20-24(26)25(18-21(2)3)19-22(4)5/h11-13,15-16,21-22H,6-10,14,17-20H2,1-5H3. The number of amides is 1. The highest BCUT2D eigenvalue weighted by atomic mass is 31.2. The second-order valence-electron chi connectivity index (χ2n) is 8.96. The molecule has 0 fully saturated rings. The Kier molecular flexibility index (Phi) is 11.8. The van der Waals surface area contributed by atoms with Crippen LogP contribution in [0.25, 0.3) is 0 Å². The monoisotopic (exact) mass is 407 g/mol. The molecular weight excluding hydrogens is 365 g/mol. The Bertz CT molecular complexity index is 588. The Labute approximate surface area is 173 Å². The van der Waals surface area contributed by atoms with E-state index >= 15 is 0 Å². The van der Waals surface area contributed by atoms with Crippen molar-refractivity contribution in [3.63, 3.8) is 0 Å². The molecule has 0 aromatic heterocycles. The summed E-state index contributed by atoms with van der Waals surface area (Å²) >= 11 is 0. The van der Waals surface area contributed by atoms with Gasteiger partial charge in [-0.1, -0.05) is 97.1 Å². The van der Waals surface area contributed by atoms with Gasteiger partial charge in [0.15, 0.2) is 0 Å². The lowest BCUT2D eigenvalue weighted by molar-refractivity contribution is -0.129. The maximum atomic E-state index is 13.9. The average Bonchev–Trinajstić information content (AvgIpc) is 2.64. The normalized spacial score (nSPS) is 13.7. The van der Waals surface area contributed by atoms with Crippen molar-refractivity contribution in [2.24, 2.45) is 11.8 Å². The van der Waals surface area contributed by atoms with E-state index in [1.54, 1.807) is 0 Å². The van der Waals surface area contributed by atoms with Gasteiger partial charge in [-0.2, -0.15) is 0 Å². The Morgan fingerprint density at radius 1 is 0.893 bits per heavy atom. The van der Waals surface area contributed by atoms with Crippen LogP contribution in [0.2, 0.25) is 0 Å². The number of benzene rings is 1. The van der Waals surface area contributed by atoms with Crippen molar-refractivity contribution in [2.75, 3.05) is 25.4 Å². The minimum atomic E-state index is -2.72. The number of hydrogen-bond donors (Lipinski definition) is 0. The molecule has 0 aliphatic carbocycles. The van der Waals surface area contributed by atoms with Crippen molar-refractivity contribution < 1.29 is 9.36 Å². The summed E-state index contributed by atoms with van der Waals surface area (Å²) in [5.41, 5.74) is 0. The van der Waals surface area contributed by atoms with Crippen molar-refractivity contribution in [3.05, 3.63) is 30.3 Å². The van der Waals surface area contributed by atoms with Gasteiger partial charge in [-0.05, 0) is 18.3 Å². The van der Waals surface area contributed by atoms with E-state index in [-0.39, 0.29) is 12.1 Å². The molecule has 4 heteroatoms. The van der Waals surface area contributed by atoms with Gasteiger partial charge in [-0.3, -0.25) is 4.79 Å². The van der Waals surface area contributed by atoms with Crippen LogP contribution < -0.4 is 5.30 Å². The molecule has 1 atom stereocenters. The van der Waals surface area contributed by atoms with Crippen molar-refractivity contribution in [1.29, 1.82) is 0 Å². The van der Waals surface area contributed by atoms with Crippen molar-refractivity contribution >= 4 is 18.4 Å². The molecule has 1 rings (SSSR count). The van der Waals surface area contributed by atoms with Gasteiger partial charge in [0.1, 0.15) is 7.14 Å². The third-order valence-electron chi connectivity index (χ3n) is 5.01. The number of hydrogen-bond acceptors (Lipinski definition) is 2. The van der Waals surface area contributed by atoms with Crippen molar-refractivity contribution in [2.45, 2.75) is 73.1 Å². The first kappa shape index (κ1) is 25.0. The third-order valence-corrected chi connectivity index (χ3v) is 8.07. The number of nitrogens with zero attached hydrogens (tertiary/aromatic N) is 1. The third kappa shape index (κ3) is 9.41. The van der Waals surface area contributed by atoms with Gasteiger partial charge in [0.05, 0.1) is 6.16 Å². The van der Waals surface area contributed by atoms with E-state index in [2.05, 4.69) is 34.6 Å². The zero-order chi connectivity index (χ0) is 21.0. The largest absolute Gasteiger partial charge is 0.342 e. The zero-order valence-corrected chi connectivity index (χ0v) is 19.7. The van der Waals surface area contributed by atoms with Crippen LogP contribution in [0.15, 0.2) is 30.3 Å². The molecule has 0 bridgehead atoms. The predicted octanol–water partition coefficient (Wildman–Crippen LogP) is 6.18. The first-order valence-corrected chi connectivity index (χ1v) is 13.3. The predicted molar refractivity (Wildman–Crippen MR) is 123 cm³/mol. The van der Waals surface area contributed by atoms with Crippen LogP contribution in [0.5, 0.6) is 0 Å². The van der Waals surface area contributed by atoms with Crippen LogP contribution in [-0.2, 0) is 9.36 Å². The minimum absolute atomic E-state index is 0.0561. The summed E-state index contributed by atoms with van der Waals surface area (Å²) in [6.45, 7) is 12.2. The molecular formula is C24H42NO2P. The molecule has 3 nitrogen and oxygen atoms in total. The van der Waals surface area contributed by atoms with Crippen LogP contribution in [0, 0.1) is 11.8 Å². The average molecular weight is 408 g/mol. The van der Waals surface area contributed by atoms with Crippen LogP contribution in [0.3, 0.4) is 0 Å². The van der Waals surface area contributed by atoms with E-state index in [0.29, 0.717) is 18.0 Å². The second-order valence-corrected chi connectivity index (χ2v) is 12.0. The Morgan fingerprint density at radius 2 is 1.43 bits per heavy atom. The van der Waals surface area contributed by atoms with Gasteiger partial charge < -0.3 is 9.46 Å². The van der Waals surface area contributed by atoms with Gasteiger partial charge in [-0.25, -0.2) is 0 Å². The highest BCUT2D eigenvalue weighted by molar-refractivity contribution is 7.72. The molecule has 0 heterocycles. The highest BCUT2D eigenvalue weighted by Gasteiger charge is 2.30. The number of rotatable bonds is 14. The van der Waals surface area contributed by atoms with E-state index in [9.17, 15) is 9.36 Å². The summed E-state index contributed by atoms with van der Waals surface area (Å²) in [5, 5.41) is 0.867. The molecule has 0 aliphatic rings. The van der Waals surface area contributed by atoms with Crippen molar-refractivity contribution in [1.82, 2.24) is 4.90 Å². The molecule has 1 aromatic rings. The van der Waals surface area contributed by atoms with Gasteiger partial charge in [0, 0.05) is 24.6 Å². The molecule has 160 valence electrons. The van der Waals surface area contributed by atoms with Crippen LogP contribution in [0.4, 0.5) is 0 Å². The summed E-state index contributed by atoms with van der Waals surface area (Å²) in [4.78, 5) is 15.1. The van der Waals surface area contributed by atoms with Crippen LogP contribution >= 0.6 is 7.14 Å². The first-order chi connectivity index (χ1) is 13.3. The van der Waals surface area contributed by atoms with Gasteiger partial charge in [-0.15, -0.1) is 0 Å². The van der Waals surface area contributed by atoms with Crippen LogP contribution in [0.1, 0.15) is 73.1 Å². The lowest BCUT2D eigenvalue weighted by Gasteiger charge is -2.28. The smallest absolute Gasteiger partial charge is 0.230 e. The summed E-state index contributed by atoms with van der Waals surface area (Å²) in [6.07, 6.45) is 7.82. The minimum Gasteiger partial charge on any atom is -0.342 e. The summed E-state index contributed by atoms with van der Waals surface area (Å²) in [5.74, 6) is 0.885. The zero-order valence-electron chi connectivity index (χ0n) is 18.8. The lowest BCUT2D eigenvalue weighted by Crippen LogP contribution is -2.39. The molecule has 0 aliphatic heterocycles. The summed E-state index contributed by atoms with van der Waals surface area (Å²) in [6, 6.07) is 9.71. The van der Waals surface area contributed by atoms with Gasteiger partial charge in [0.25, 0.3) is 0 Å². The number of unbranched alkanes of at least 4 members (excludes halogenated alkanes) is 5. The van der Waals surface area contributed by atoms with E-state index in [0.717, 1.165) is 31.2 Å². The Hall–Kier alpha value is -1.08. The molecule has 0 N–H and O–H groups in total. The molecule has 0 radical (unpaired) electrons. The molecule has 1 amide bonds. The van der Waals surface area contributed by atoms with E-state index in [1.165, 1.54) is 25.7 Å². The SMILES string of the molecule is CCCCCCCCP(=O)(CC(=O)N(CC(C)C)CC(C)C)c1ccccc1. The number of carbonyl (C=O) groups is 1. The fraction of sp³-hybridized carbons (Fsp3) is 0.708. The van der Waals surface area contributed by atoms with E-state index in [4.69, 9.17) is 0 Å². The fourth-order valence-corrected chi connectivity index (χ4v) is 6.31. The molecule has 0 saturated heterocycles. The van der Waals surface area contributed by atoms with Gasteiger partial charge >= 0.3 is 0 Å². The summed E-state index contributed by atoms with van der Waals surface area (Å²) < 4.78 is 13.9. The second kappa shape index (κ2) is 13.2. The van der Waals surface area contributed by atoms with Crippen LogP contribution in [-0.4, -0.2) is 36.2 Å². The maximum Gasteiger partial charge on any atom is 0.230 e. The molecule has 1 aromatic carbocycles. The number of carbonyl (C=O) groups excluding carboxylic acids is 1. The van der Waals surface area contributed by atoms with E-state index in [1.807, 2.05) is 35.2 Å². The van der Waals surface area contributed by atoms with Gasteiger partial charge in [0.2, 0.25) is 5.91 Å². The Balaban J connectivity index is 2.86. The first-order valence-electron chi connectivity index (χ1n) is 11.2. The topological polar surface area (TPSA) is 37.4 Å². The molecule has 0 spiro atoms. The van der Waals surface area contributed by atoms with Crippen molar-refractivity contribution in [3.8, 4) is 0 Å². The van der Waals surface area contributed by atoms with E-state index < -0.39 is 7.14 Å². The Morgan fingerprint density at radius 3 is 1.96 bits per heavy atom. The quantitative estimate of drug-likeness (QED) is 0.273. The highest BCUT2D eigenvalue weighted by Crippen LogP contribution is 2.45. The lowest BCUT2D eigenvalue weighted by atomic mass is 10.1. The fourth-order valence-electron chi connectivity index (χ4n) is 3.62. The molecule has 28 heavy (non-hydrogen) atoms. The molecule has 0 saturated carbocycles. The molecule has 1 unspecified atom stereocenters.